The molecule has 0 bridgehead atoms. The Balaban J connectivity index is 1.73. The zero-order valence-electron chi connectivity index (χ0n) is 22.1. The molecule has 0 fully saturated rings. The molecule has 0 heterocycles. The van der Waals surface area contributed by atoms with E-state index < -0.39 is 30.8 Å². The number of hydrogen-bond acceptors (Lipinski definition) is 9. The van der Waals surface area contributed by atoms with E-state index in [-0.39, 0.29) is 57.5 Å². The molecule has 0 unspecified atom stereocenters. The number of sulfonamides is 1. The number of nitrogen functional groups attached to an aromatic ring is 1. The highest BCUT2D eigenvalue weighted by Gasteiger charge is 2.27. The van der Waals surface area contributed by atoms with Gasteiger partial charge >= 0.3 is 0 Å². The first-order valence-electron chi connectivity index (χ1n) is 12.4. The number of carbonyl (C=O) groups is 1. The second kappa shape index (κ2) is 12.3. The third-order valence-electron chi connectivity index (χ3n) is 6.11. The maximum atomic E-state index is 13.8. The number of rotatable bonds is 10. The van der Waals surface area contributed by atoms with Gasteiger partial charge in [0.15, 0.2) is 0 Å². The van der Waals surface area contributed by atoms with Gasteiger partial charge in [-0.1, -0.05) is 18.2 Å². The van der Waals surface area contributed by atoms with Gasteiger partial charge in [-0.05, 0) is 60.8 Å². The molecule has 0 atom stereocenters. The number of phenolic OH excluding ortho intramolecular Hbond substituents is 1. The number of aromatic hydroxyl groups is 1. The molecule has 4 rings (SSSR count). The summed E-state index contributed by atoms with van der Waals surface area (Å²) in [5.41, 5.74) is 6.94. The van der Waals surface area contributed by atoms with Crippen molar-refractivity contribution in [3.63, 3.8) is 0 Å². The van der Waals surface area contributed by atoms with Crippen molar-refractivity contribution < 1.29 is 31.3 Å². The number of nitrogens with one attached hydrogen (secondary N) is 1. The average molecular weight is 632 g/mol. The van der Waals surface area contributed by atoms with E-state index in [1.165, 1.54) is 34.6 Å². The Labute approximate surface area is 247 Å². The number of amides is 1. The number of nitrogens with zero attached hydrogens (tertiary/aromatic N) is 3. The monoisotopic (exact) mass is 631 g/mol. The molecule has 0 saturated heterocycles. The van der Waals surface area contributed by atoms with E-state index in [4.69, 9.17) is 17.3 Å². The molecule has 1 amide bonds. The number of hydrogen-bond donors (Lipinski definition) is 4. The minimum absolute atomic E-state index is 0.0219. The number of phenols is 1. The second-order valence-electron chi connectivity index (χ2n) is 8.89. The topological polar surface area (TPSA) is 192 Å². The first-order valence-corrected chi connectivity index (χ1v) is 15.8. The van der Waals surface area contributed by atoms with Crippen LogP contribution in [0.25, 0.3) is 10.8 Å². The molecule has 5 N–H and O–H groups in total. The Kier molecular flexibility index (Phi) is 9.01. The SMILES string of the molecule is CCN(c1ccc(NC(=O)CCCl)cc1)S(=O)(=O)c1ccccc1N=Nc1c(N)ccc2cc(S(=O)(=O)O)cc(O)c12. The summed E-state index contributed by atoms with van der Waals surface area (Å²) in [7, 11) is -8.77. The van der Waals surface area contributed by atoms with Gasteiger partial charge < -0.3 is 16.2 Å². The van der Waals surface area contributed by atoms with Crippen LogP contribution in [-0.4, -0.2) is 44.8 Å². The molecule has 0 radical (unpaired) electrons. The Morgan fingerprint density at radius 3 is 2.33 bits per heavy atom. The van der Waals surface area contributed by atoms with Gasteiger partial charge in [-0.3, -0.25) is 13.7 Å². The van der Waals surface area contributed by atoms with Crippen LogP contribution in [0.2, 0.25) is 0 Å². The highest BCUT2D eigenvalue weighted by molar-refractivity contribution is 7.93. The first-order chi connectivity index (χ1) is 19.9. The van der Waals surface area contributed by atoms with Gasteiger partial charge in [-0.2, -0.15) is 8.42 Å². The summed E-state index contributed by atoms with van der Waals surface area (Å²) in [6.07, 6.45) is 0.139. The minimum atomic E-state index is -4.60. The van der Waals surface area contributed by atoms with Gasteiger partial charge in [-0.15, -0.1) is 21.8 Å². The molecule has 15 heteroatoms. The van der Waals surface area contributed by atoms with Crippen molar-refractivity contribution >= 4 is 76.9 Å². The van der Waals surface area contributed by atoms with Crippen molar-refractivity contribution in [2.45, 2.75) is 23.1 Å². The zero-order valence-corrected chi connectivity index (χ0v) is 24.5. The standard InChI is InChI=1S/C27H26ClN5O7S2/c1-2-33(19-10-8-18(9-11-19)30-25(35)13-14-28)41(36,37)24-6-4-3-5-22(24)31-32-27-21(29)12-7-17-15-20(42(38,39)40)16-23(34)26(17)27/h3-12,15-16,34H,2,13-14,29H2,1H3,(H,30,35)(H,38,39,40). The van der Waals surface area contributed by atoms with Crippen LogP contribution >= 0.6 is 11.6 Å². The van der Waals surface area contributed by atoms with Crippen LogP contribution in [0, 0.1) is 0 Å². The first kappa shape index (κ1) is 30.7. The molecule has 220 valence electrons. The third kappa shape index (κ3) is 6.46. The van der Waals surface area contributed by atoms with Gasteiger partial charge in [0.05, 0.1) is 21.7 Å². The third-order valence-corrected chi connectivity index (χ3v) is 9.08. The smallest absolute Gasteiger partial charge is 0.294 e. The maximum absolute atomic E-state index is 13.8. The van der Waals surface area contributed by atoms with Crippen LogP contribution in [0.5, 0.6) is 5.75 Å². The lowest BCUT2D eigenvalue weighted by Gasteiger charge is -2.23. The van der Waals surface area contributed by atoms with Gasteiger partial charge in [0.1, 0.15) is 22.0 Å². The molecule has 4 aromatic rings. The largest absolute Gasteiger partial charge is 0.507 e. The average Bonchev–Trinajstić information content (AvgIpc) is 2.93. The number of carbonyl (C=O) groups excluding carboxylic acids is 1. The van der Waals surface area contributed by atoms with E-state index in [0.29, 0.717) is 11.4 Å². The number of azo groups is 1. The molecule has 42 heavy (non-hydrogen) atoms. The van der Waals surface area contributed by atoms with Gasteiger partial charge in [0, 0.05) is 30.6 Å². The lowest BCUT2D eigenvalue weighted by molar-refractivity contribution is -0.115. The van der Waals surface area contributed by atoms with E-state index in [9.17, 15) is 31.3 Å². The van der Waals surface area contributed by atoms with Crippen molar-refractivity contribution in [2.24, 2.45) is 10.2 Å². The normalized spacial score (nSPS) is 12.1. The summed E-state index contributed by atoms with van der Waals surface area (Å²) in [5.74, 6) is -0.621. The summed E-state index contributed by atoms with van der Waals surface area (Å²) >= 11 is 5.59. The Morgan fingerprint density at radius 1 is 1.00 bits per heavy atom. The van der Waals surface area contributed by atoms with Crippen molar-refractivity contribution in [1.82, 2.24) is 0 Å². The number of alkyl halides is 1. The maximum Gasteiger partial charge on any atom is 0.294 e. The summed E-state index contributed by atoms with van der Waals surface area (Å²) in [6.45, 7) is 1.74. The van der Waals surface area contributed by atoms with Crippen molar-refractivity contribution in [2.75, 3.05) is 27.8 Å². The van der Waals surface area contributed by atoms with Gasteiger partial charge in [0.25, 0.3) is 20.1 Å². The number of nitrogens with two attached hydrogens (primary N) is 1. The molecular formula is C27H26ClN5O7S2. The van der Waals surface area contributed by atoms with E-state index in [2.05, 4.69) is 15.5 Å². The fourth-order valence-corrected chi connectivity index (χ4v) is 6.47. The molecule has 0 saturated carbocycles. The zero-order chi connectivity index (χ0) is 30.7. The van der Waals surface area contributed by atoms with Crippen LogP contribution in [0.3, 0.4) is 0 Å². The molecule has 0 aliphatic carbocycles. The fourth-order valence-electron chi connectivity index (χ4n) is 4.16. The molecule has 0 aromatic heterocycles. The molecular weight excluding hydrogens is 606 g/mol. The van der Waals surface area contributed by atoms with Crippen LogP contribution in [0.1, 0.15) is 13.3 Å². The predicted molar refractivity (Wildman–Crippen MR) is 161 cm³/mol. The molecule has 4 aromatic carbocycles. The quantitative estimate of drug-likeness (QED) is 0.0754. The van der Waals surface area contributed by atoms with E-state index >= 15 is 0 Å². The summed E-state index contributed by atoms with van der Waals surface area (Å²) < 4.78 is 61.3. The van der Waals surface area contributed by atoms with Crippen LogP contribution < -0.4 is 15.4 Å². The van der Waals surface area contributed by atoms with Crippen molar-refractivity contribution in [3.05, 3.63) is 72.8 Å². The van der Waals surface area contributed by atoms with E-state index in [1.807, 2.05) is 0 Å². The number of benzene rings is 4. The van der Waals surface area contributed by atoms with Gasteiger partial charge in [0.2, 0.25) is 5.91 Å². The lowest BCUT2D eigenvalue weighted by Crippen LogP contribution is -2.30. The number of fused-ring (bicyclic) bond motifs is 1. The second-order valence-corrected chi connectivity index (χ2v) is 12.5. The predicted octanol–water partition coefficient (Wildman–Crippen LogP) is 5.57. The van der Waals surface area contributed by atoms with Crippen LogP contribution in [0.15, 0.2) is 92.8 Å². The lowest BCUT2D eigenvalue weighted by atomic mass is 10.1. The highest BCUT2D eigenvalue weighted by atomic mass is 35.5. The molecule has 12 nitrogen and oxygen atoms in total. The van der Waals surface area contributed by atoms with Gasteiger partial charge in [-0.25, -0.2) is 8.42 Å². The summed E-state index contributed by atoms with van der Waals surface area (Å²) in [6, 6.07) is 17.0. The summed E-state index contributed by atoms with van der Waals surface area (Å²) in [4.78, 5) is 11.1. The minimum Gasteiger partial charge on any atom is -0.507 e. The van der Waals surface area contributed by atoms with Crippen molar-refractivity contribution in [3.8, 4) is 5.75 Å². The number of halogens is 1. The van der Waals surface area contributed by atoms with Crippen LogP contribution in [0.4, 0.5) is 28.4 Å². The summed E-state index contributed by atoms with van der Waals surface area (Å²) in [5, 5.41) is 21.8. The van der Waals surface area contributed by atoms with E-state index in [0.717, 1.165) is 12.1 Å². The Bertz CT molecular complexity index is 1900. The highest BCUT2D eigenvalue weighted by Crippen LogP contribution is 2.41. The Hall–Kier alpha value is -4.24. The van der Waals surface area contributed by atoms with Crippen LogP contribution in [-0.2, 0) is 24.9 Å². The molecule has 0 spiro atoms. The fraction of sp³-hybridized carbons (Fsp3) is 0.148. The van der Waals surface area contributed by atoms with E-state index in [1.54, 1.807) is 37.3 Å². The number of anilines is 3. The molecule has 0 aliphatic rings. The molecule has 0 aliphatic heterocycles. The Morgan fingerprint density at radius 2 is 1.69 bits per heavy atom. The van der Waals surface area contributed by atoms with Crippen molar-refractivity contribution in [1.29, 1.82) is 0 Å².